The zero-order chi connectivity index (χ0) is 34.9. The molecule has 0 aliphatic heterocycles. The molecule has 1 saturated carbocycles. The number of carbonyl (C=O) groups is 5. The van der Waals surface area contributed by atoms with Crippen molar-refractivity contribution in [3.05, 3.63) is 71.8 Å². The van der Waals surface area contributed by atoms with Crippen LogP contribution < -0.4 is 32.3 Å². The number of carboxylic acid groups (broad SMARTS) is 1. The Kier molecular flexibility index (Phi) is 15.7. The van der Waals surface area contributed by atoms with Crippen molar-refractivity contribution >= 4 is 29.9 Å². The molecule has 262 valence electrons. The van der Waals surface area contributed by atoms with Crippen molar-refractivity contribution in [1.82, 2.24) is 26.6 Å². The van der Waals surface area contributed by atoms with Gasteiger partial charge in [0.1, 0.15) is 24.7 Å². The number of carbonyl (C=O) groups excluding carboxylic acids is 4. The third-order valence-electron chi connectivity index (χ3n) is 8.17. The number of rotatable bonds is 20. The Morgan fingerprint density at radius 1 is 0.833 bits per heavy atom. The second-order valence-corrected chi connectivity index (χ2v) is 12.4. The second-order valence-electron chi connectivity index (χ2n) is 12.4. The lowest BCUT2D eigenvalue weighted by Gasteiger charge is -2.26. The van der Waals surface area contributed by atoms with E-state index in [0.29, 0.717) is 32.2 Å². The van der Waals surface area contributed by atoms with Gasteiger partial charge in [0.15, 0.2) is 0 Å². The molecule has 1 aliphatic carbocycles. The molecule has 13 nitrogen and oxygen atoms in total. The number of carboxylic acids is 1. The molecule has 0 radical (unpaired) electrons. The molecule has 13 heteroatoms. The molecule has 1 fully saturated rings. The van der Waals surface area contributed by atoms with E-state index < -0.39 is 42.1 Å². The fraction of sp³-hybridized carbons (Fsp3) is 0.514. The Bertz CT molecular complexity index is 1330. The number of aliphatic carboxylic acids is 1. The molecule has 48 heavy (non-hydrogen) atoms. The van der Waals surface area contributed by atoms with Crippen LogP contribution in [0.15, 0.2) is 60.7 Å². The molecular weight excluding hydrogens is 616 g/mol. The average Bonchev–Trinajstić information content (AvgIpc) is 3.84. The summed E-state index contributed by atoms with van der Waals surface area (Å²) in [6.45, 7) is 4.46. The van der Waals surface area contributed by atoms with Crippen LogP contribution in [-0.2, 0) is 25.7 Å². The number of urea groups is 1. The molecule has 0 bridgehead atoms. The van der Waals surface area contributed by atoms with E-state index in [-0.39, 0.29) is 49.8 Å². The summed E-state index contributed by atoms with van der Waals surface area (Å²) in [7, 11) is 0. The first-order valence-electron chi connectivity index (χ1n) is 16.7. The van der Waals surface area contributed by atoms with Gasteiger partial charge in [-0.1, -0.05) is 74.5 Å². The Morgan fingerprint density at radius 3 is 2.10 bits per heavy atom. The Hall–Kier alpha value is -4.65. The number of ether oxygens (including phenoxy) is 1. The minimum Gasteiger partial charge on any atom is -0.480 e. The van der Waals surface area contributed by atoms with Crippen molar-refractivity contribution in [2.24, 2.45) is 11.7 Å². The number of nitrogens with two attached hydrogens (primary N) is 1. The summed E-state index contributed by atoms with van der Waals surface area (Å²) in [5.41, 5.74) is 7.51. The van der Waals surface area contributed by atoms with E-state index in [2.05, 4.69) is 26.6 Å². The molecule has 0 spiro atoms. The van der Waals surface area contributed by atoms with Crippen molar-refractivity contribution < 1.29 is 33.8 Å². The van der Waals surface area contributed by atoms with E-state index in [9.17, 15) is 29.1 Å². The summed E-state index contributed by atoms with van der Waals surface area (Å²) in [5.74, 6) is -2.11. The van der Waals surface area contributed by atoms with Gasteiger partial charge < -0.3 is 42.2 Å². The van der Waals surface area contributed by atoms with Gasteiger partial charge in [0.25, 0.3) is 0 Å². The Morgan fingerprint density at radius 2 is 1.46 bits per heavy atom. The van der Waals surface area contributed by atoms with Crippen LogP contribution in [0.25, 0.3) is 0 Å². The molecule has 3 rings (SSSR count). The van der Waals surface area contributed by atoms with Crippen molar-refractivity contribution in [2.45, 2.75) is 95.5 Å². The van der Waals surface area contributed by atoms with Gasteiger partial charge in [-0.2, -0.15) is 0 Å². The maximum atomic E-state index is 13.6. The quantitative estimate of drug-likeness (QED) is 0.104. The van der Waals surface area contributed by atoms with Crippen LogP contribution in [0.1, 0.15) is 75.8 Å². The zero-order valence-electron chi connectivity index (χ0n) is 27.8. The molecule has 8 N–H and O–H groups in total. The van der Waals surface area contributed by atoms with E-state index >= 15 is 0 Å². The van der Waals surface area contributed by atoms with E-state index in [0.717, 1.165) is 17.5 Å². The largest absolute Gasteiger partial charge is 0.480 e. The molecule has 1 aliphatic rings. The van der Waals surface area contributed by atoms with Crippen LogP contribution in [0, 0.1) is 5.92 Å². The predicted octanol–water partition coefficient (Wildman–Crippen LogP) is 3.15. The number of unbranched alkanes of at least 4 members (excludes halogenated alkanes) is 2. The number of benzene rings is 2. The predicted molar refractivity (Wildman–Crippen MR) is 181 cm³/mol. The van der Waals surface area contributed by atoms with Crippen LogP contribution in [0.2, 0.25) is 0 Å². The third-order valence-corrected chi connectivity index (χ3v) is 8.17. The second kappa shape index (κ2) is 19.9. The molecule has 5 amide bonds. The molecule has 0 aromatic heterocycles. The molecule has 0 saturated heterocycles. The third kappa shape index (κ3) is 13.2. The van der Waals surface area contributed by atoms with Crippen molar-refractivity contribution in [3.63, 3.8) is 0 Å². The van der Waals surface area contributed by atoms with Gasteiger partial charge in [0, 0.05) is 18.5 Å². The van der Waals surface area contributed by atoms with Crippen LogP contribution in [0.4, 0.5) is 9.59 Å². The fourth-order valence-corrected chi connectivity index (χ4v) is 5.30. The van der Waals surface area contributed by atoms with Gasteiger partial charge in [-0.3, -0.25) is 9.59 Å². The van der Waals surface area contributed by atoms with Gasteiger partial charge in [-0.05, 0) is 68.5 Å². The summed E-state index contributed by atoms with van der Waals surface area (Å²) in [4.78, 5) is 63.6. The van der Waals surface area contributed by atoms with Gasteiger partial charge in [0.2, 0.25) is 11.8 Å². The number of alkyl carbamates (subject to hydrolysis) is 1. The number of nitrogens with one attached hydrogen (secondary N) is 5. The maximum absolute atomic E-state index is 13.6. The van der Waals surface area contributed by atoms with Gasteiger partial charge in [-0.25, -0.2) is 14.4 Å². The van der Waals surface area contributed by atoms with Crippen LogP contribution in [-0.4, -0.2) is 72.3 Å². The first-order chi connectivity index (χ1) is 23.1. The van der Waals surface area contributed by atoms with Crippen molar-refractivity contribution in [3.8, 4) is 0 Å². The minimum absolute atomic E-state index is 0.0307. The number of amides is 5. The monoisotopic (exact) mass is 666 g/mol. The highest BCUT2D eigenvalue weighted by molar-refractivity contribution is 5.92. The first-order valence-corrected chi connectivity index (χ1v) is 16.7. The van der Waals surface area contributed by atoms with Gasteiger partial charge in [0.05, 0.1) is 0 Å². The summed E-state index contributed by atoms with van der Waals surface area (Å²) >= 11 is 0. The molecular formula is C35H50N6O7. The Balaban J connectivity index is 1.56. The topological polar surface area (TPSA) is 201 Å². The van der Waals surface area contributed by atoms with Crippen molar-refractivity contribution in [1.29, 1.82) is 0 Å². The lowest BCUT2D eigenvalue weighted by molar-refractivity contribution is -0.139. The lowest BCUT2D eigenvalue weighted by atomic mass is 10.0. The van der Waals surface area contributed by atoms with E-state index in [1.807, 2.05) is 74.5 Å². The maximum Gasteiger partial charge on any atom is 0.407 e. The highest BCUT2D eigenvalue weighted by Gasteiger charge is 2.41. The molecule has 0 heterocycles. The Labute approximate surface area is 282 Å². The summed E-state index contributed by atoms with van der Waals surface area (Å²) in [6, 6.07) is 15.3. The summed E-state index contributed by atoms with van der Waals surface area (Å²) in [5, 5.41) is 23.1. The average molecular weight is 667 g/mol. The van der Waals surface area contributed by atoms with E-state index in [1.165, 1.54) is 0 Å². The number of hydrogen-bond acceptors (Lipinski definition) is 7. The summed E-state index contributed by atoms with van der Waals surface area (Å²) < 4.78 is 5.22. The van der Waals surface area contributed by atoms with Crippen LogP contribution >= 0.6 is 0 Å². The molecule has 5 atom stereocenters. The van der Waals surface area contributed by atoms with Gasteiger partial charge in [-0.15, -0.1) is 0 Å². The van der Waals surface area contributed by atoms with Crippen molar-refractivity contribution in [2.75, 3.05) is 13.1 Å². The molecule has 2 aromatic rings. The summed E-state index contributed by atoms with van der Waals surface area (Å²) in [6.07, 6.45) is 2.61. The highest BCUT2D eigenvalue weighted by Crippen LogP contribution is 2.40. The van der Waals surface area contributed by atoms with E-state index in [4.69, 9.17) is 10.5 Å². The first kappa shape index (κ1) is 37.8. The SMILES string of the molecule is CC(C)[C@H](NC(=O)[C@@H](CCCCNC(=O)OCc1ccccc1)NC(=O)N[C@@H](CCCCN)C(=O)O)C(=O)N[C@@H]1C[C@H]1c1ccccc1. The minimum atomic E-state index is -1.20. The molecule has 0 unspecified atom stereocenters. The highest BCUT2D eigenvalue weighted by atomic mass is 16.5. The zero-order valence-corrected chi connectivity index (χ0v) is 27.8. The fourth-order valence-electron chi connectivity index (χ4n) is 5.30. The van der Waals surface area contributed by atoms with E-state index in [1.54, 1.807) is 0 Å². The standard InChI is InChI=1S/C35H50N6O7/c1-23(2)30(32(43)38-29-21-26(29)25-15-7-4-8-16-25)41-31(42)27(39-34(46)40-28(33(44)45)18-9-11-19-36)17-10-12-20-37-35(47)48-22-24-13-5-3-6-14-24/h3-8,13-16,23,26-30H,9-12,17-22,36H2,1-2H3,(H,37,47)(H,38,43)(H,41,42)(H,44,45)(H2,39,40,46)/t26-,27+,28-,29+,30-/m0/s1. The van der Waals surface area contributed by atoms with Crippen LogP contribution in [0.5, 0.6) is 0 Å². The number of hydrogen-bond donors (Lipinski definition) is 7. The molecule has 2 aromatic carbocycles. The van der Waals surface area contributed by atoms with Gasteiger partial charge >= 0.3 is 18.1 Å². The lowest BCUT2D eigenvalue weighted by Crippen LogP contribution is -2.57. The smallest absolute Gasteiger partial charge is 0.407 e. The normalized spacial score (nSPS) is 16.9. The van der Waals surface area contributed by atoms with Crippen LogP contribution in [0.3, 0.4) is 0 Å².